The molecule has 6 aromatic rings. The predicted octanol–water partition coefficient (Wildman–Crippen LogP) is 6.48. The summed E-state index contributed by atoms with van der Waals surface area (Å²) in [5.41, 5.74) is 2.68. The molecule has 3 aromatic carbocycles. The van der Waals surface area contributed by atoms with Crippen molar-refractivity contribution in [1.82, 2.24) is 15.3 Å². The number of nitrogens with zero attached hydrogens (tertiary/aromatic N) is 3. The van der Waals surface area contributed by atoms with Gasteiger partial charge in [-0.05, 0) is 48.5 Å². The van der Waals surface area contributed by atoms with E-state index in [9.17, 15) is 22.0 Å². The first kappa shape index (κ1) is 29.2. The van der Waals surface area contributed by atoms with Crippen LogP contribution in [0.4, 0.5) is 14.5 Å². The van der Waals surface area contributed by atoms with Gasteiger partial charge in [-0.2, -0.15) is 0 Å². The molecule has 44 heavy (non-hydrogen) atoms. The van der Waals surface area contributed by atoms with Crippen molar-refractivity contribution in [3.05, 3.63) is 84.1 Å². The van der Waals surface area contributed by atoms with E-state index >= 15 is 0 Å². The fourth-order valence-electron chi connectivity index (χ4n) is 4.90. The number of methoxy groups -OCH3 is 1. The average molecular weight is 635 g/mol. The summed E-state index contributed by atoms with van der Waals surface area (Å²) in [4.78, 5) is 22.1. The van der Waals surface area contributed by atoms with Crippen molar-refractivity contribution < 1.29 is 31.1 Å². The van der Waals surface area contributed by atoms with Crippen LogP contribution in [0, 0.1) is 11.6 Å². The van der Waals surface area contributed by atoms with Gasteiger partial charge in [-0.15, -0.1) is 11.3 Å². The second-order valence-corrected chi connectivity index (χ2v) is 12.9. The van der Waals surface area contributed by atoms with Gasteiger partial charge >= 0.3 is 0 Å². The van der Waals surface area contributed by atoms with Crippen LogP contribution in [0.3, 0.4) is 0 Å². The molecular weight excluding hydrogens is 610 g/mol. The van der Waals surface area contributed by atoms with Crippen LogP contribution < -0.4 is 14.4 Å². The summed E-state index contributed by atoms with van der Waals surface area (Å²) < 4.78 is 67.1. The number of sulfonamides is 1. The number of hydrogen-bond acceptors (Lipinski definition) is 8. The van der Waals surface area contributed by atoms with Crippen LogP contribution in [0.25, 0.3) is 54.2 Å². The third-order valence-corrected chi connectivity index (χ3v) is 9.40. The average Bonchev–Trinajstić information content (AvgIpc) is 3.62. The van der Waals surface area contributed by atoms with Crippen LogP contribution in [-0.4, -0.2) is 51.8 Å². The Morgan fingerprint density at radius 1 is 1.05 bits per heavy atom. The lowest BCUT2D eigenvalue weighted by molar-refractivity contribution is 0.0964. The summed E-state index contributed by atoms with van der Waals surface area (Å²) in [6.45, 7) is 0. The molecular formula is C31H24F2N4O5S2. The molecule has 0 aliphatic rings. The SMILES string of the molecule is CNC(=O)c1c(-c2ccc(F)cc2)oc2cc(N(C)S(C)(=O)=O)c(-c3cnc(OC)c(-c4nc5c(F)cccc5s4)c3)cc12. The number of thiazole rings is 1. The first-order chi connectivity index (χ1) is 21.0. The molecule has 0 aliphatic heterocycles. The Labute approximate surface area is 254 Å². The minimum absolute atomic E-state index is 0.187. The Morgan fingerprint density at radius 3 is 2.45 bits per heavy atom. The number of carbonyl (C=O) groups is 1. The molecule has 13 heteroatoms. The van der Waals surface area contributed by atoms with Crippen LogP contribution >= 0.6 is 11.3 Å². The summed E-state index contributed by atoms with van der Waals surface area (Å²) in [5, 5.41) is 3.46. The Bertz CT molecular complexity index is 2200. The summed E-state index contributed by atoms with van der Waals surface area (Å²) in [5.74, 6) is -0.948. The minimum Gasteiger partial charge on any atom is -0.480 e. The molecule has 9 nitrogen and oxygen atoms in total. The van der Waals surface area contributed by atoms with Crippen molar-refractivity contribution in [3.8, 4) is 38.9 Å². The molecule has 0 radical (unpaired) electrons. The Kier molecular flexibility index (Phi) is 7.30. The number of benzene rings is 3. The highest BCUT2D eigenvalue weighted by atomic mass is 32.2. The van der Waals surface area contributed by atoms with Gasteiger partial charge in [-0.1, -0.05) is 6.07 Å². The lowest BCUT2D eigenvalue weighted by Gasteiger charge is -2.21. The number of pyridine rings is 1. The molecule has 0 spiro atoms. The number of carbonyl (C=O) groups excluding carboxylic acids is 1. The fourth-order valence-corrected chi connectivity index (χ4v) is 6.40. The smallest absolute Gasteiger partial charge is 0.255 e. The number of halogens is 2. The van der Waals surface area contributed by atoms with Gasteiger partial charge in [0, 0.05) is 48.4 Å². The van der Waals surface area contributed by atoms with E-state index < -0.39 is 27.6 Å². The molecule has 6 rings (SSSR count). The topological polar surface area (TPSA) is 115 Å². The number of furan rings is 1. The van der Waals surface area contributed by atoms with Crippen molar-refractivity contribution in [1.29, 1.82) is 0 Å². The van der Waals surface area contributed by atoms with Crippen molar-refractivity contribution in [2.75, 3.05) is 31.8 Å². The van der Waals surface area contributed by atoms with Crippen LogP contribution in [-0.2, 0) is 10.0 Å². The molecule has 0 atom stereocenters. The zero-order valence-corrected chi connectivity index (χ0v) is 25.4. The number of anilines is 1. The van der Waals surface area contributed by atoms with Crippen molar-refractivity contribution in [3.63, 3.8) is 0 Å². The van der Waals surface area contributed by atoms with Crippen LogP contribution in [0.15, 0.2) is 71.3 Å². The highest BCUT2D eigenvalue weighted by Gasteiger charge is 2.27. The molecule has 0 bridgehead atoms. The van der Waals surface area contributed by atoms with Crippen LogP contribution in [0.1, 0.15) is 10.4 Å². The second kappa shape index (κ2) is 11.0. The zero-order chi connectivity index (χ0) is 31.3. The van der Waals surface area contributed by atoms with E-state index in [-0.39, 0.29) is 34.0 Å². The third-order valence-electron chi connectivity index (χ3n) is 7.16. The summed E-state index contributed by atoms with van der Waals surface area (Å²) in [7, 11) is 0.566. The molecule has 1 N–H and O–H groups in total. The van der Waals surface area contributed by atoms with Crippen molar-refractivity contribution in [2.45, 2.75) is 0 Å². The van der Waals surface area contributed by atoms with Gasteiger partial charge in [-0.3, -0.25) is 9.10 Å². The number of nitrogens with one attached hydrogen (secondary N) is 1. The standard InChI is InChI=1S/C31H24F2N4O5S2/c1-34-29(38)26-20-13-19(17-12-21(30(41-3)35-15-17)31-36-27-22(33)6-5-7-25(27)43-31)23(37(2)44(4,39)40)14-24(20)42-28(26)16-8-10-18(32)11-9-16/h5-15H,1-4H3,(H,34,38). The number of amides is 1. The molecule has 0 fully saturated rings. The molecule has 1 amide bonds. The number of fused-ring (bicyclic) bond motifs is 2. The quantitative estimate of drug-likeness (QED) is 0.214. The van der Waals surface area contributed by atoms with Gasteiger partial charge in [0.05, 0.1) is 34.9 Å². The largest absolute Gasteiger partial charge is 0.480 e. The van der Waals surface area contributed by atoms with Crippen molar-refractivity contribution >= 4 is 54.1 Å². The van der Waals surface area contributed by atoms with Gasteiger partial charge in [0.2, 0.25) is 15.9 Å². The highest BCUT2D eigenvalue weighted by Crippen LogP contribution is 2.43. The number of para-hydroxylation sites is 1. The van der Waals surface area contributed by atoms with E-state index in [0.29, 0.717) is 37.3 Å². The summed E-state index contributed by atoms with van der Waals surface area (Å²) in [6, 6.07) is 15.1. The minimum atomic E-state index is -3.76. The lowest BCUT2D eigenvalue weighted by atomic mass is 9.98. The summed E-state index contributed by atoms with van der Waals surface area (Å²) >= 11 is 1.25. The zero-order valence-electron chi connectivity index (χ0n) is 23.8. The van der Waals surface area contributed by atoms with E-state index in [2.05, 4.69) is 15.3 Å². The maximum Gasteiger partial charge on any atom is 0.255 e. The predicted molar refractivity (Wildman–Crippen MR) is 167 cm³/mol. The van der Waals surface area contributed by atoms with Crippen LogP contribution in [0.2, 0.25) is 0 Å². The number of ether oxygens (including phenoxy) is 1. The first-order valence-corrected chi connectivity index (χ1v) is 15.8. The van der Waals surface area contributed by atoms with Gasteiger partial charge in [0.15, 0.2) is 0 Å². The third kappa shape index (κ3) is 5.03. The summed E-state index contributed by atoms with van der Waals surface area (Å²) in [6.07, 6.45) is 2.58. The Morgan fingerprint density at radius 2 is 1.80 bits per heavy atom. The van der Waals surface area contributed by atoms with Gasteiger partial charge in [0.25, 0.3) is 5.91 Å². The van der Waals surface area contributed by atoms with Crippen molar-refractivity contribution in [2.24, 2.45) is 0 Å². The lowest BCUT2D eigenvalue weighted by Crippen LogP contribution is -2.25. The Balaban J connectivity index is 1.64. The highest BCUT2D eigenvalue weighted by molar-refractivity contribution is 7.92. The van der Waals surface area contributed by atoms with Gasteiger partial charge in [-0.25, -0.2) is 27.2 Å². The number of rotatable bonds is 7. The molecule has 0 saturated carbocycles. The number of hydrogen-bond donors (Lipinski definition) is 1. The van der Waals surface area contributed by atoms with E-state index in [1.54, 1.807) is 24.3 Å². The Hall–Kier alpha value is -4.88. The molecule has 0 saturated heterocycles. The van der Waals surface area contributed by atoms with E-state index in [1.165, 1.54) is 75.1 Å². The van der Waals surface area contributed by atoms with E-state index in [1.807, 2.05) is 0 Å². The van der Waals surface area contributed by atoms with Gasteiger partial charge < -0.3 is 14.5 Å². The second-order valence-electron chi connectivity index (χ2n) is 9.87. The first-order valence-electron chi connectivity index (χ1n) is 13.1. The normalized spacial score (nSPS) is 11.7. The molecule has 0 aliphatic carbocycles. The molecule has 3 aromatic heterocycles. The number of aromatic nitrogens is 2. The van der Waals surface area contributed by atoms with E-state index in [4.69, 9.17) is 9.15 Å². The maximum atomic E-state index is 14.5. The molecule has 224 valence electrons. The maximum absolute atomic E-state index is 14.5. The monoisotopic (exact) mass is 634 g/mol. The van der Waals surface area contributed by atoms with Gasteiger partial charge in [0.1, 0.15) is 33.5 Å². The van der Waals surface area contributed by atoms with E-state index in [0.717, 1.165) is 10.6 Å². The van der Waals surface area contributed by atoms with Crippen LogP contribution in [0.5, 0.6) is 5.88 Å². The molecule has 3 heterocycles. The molecule has 0 unspecified atom stereocenters. The fraction of sp³-hybridized carbons (Fsp3) is 0.129.